The standard InChI is InChI=1S/C34H45N7O5/c1-22-27(36-21-34(30(42)43,33(2,3)4)40-32(44)46-20-23-10-7-6-8-11-23)38-31(45-5)39-29(22)41-18-15-24(16-19-41)26-14-13-25-12-9-17-35-28(25)37-26/h6-8,10-11,13-14,24H,9,12,15-21H2,1-5H3,(H,35,37)(H,40,44)(H,42,43)(H,36,38,39). The summed E-state index contributed by atoms with van der Waals surface area (Å²) in [5, 5.41) is 19.8. The van der Waals surface area contributed by atoms with Gasteiger partial charge in [0.2, 0.25) is 0 Å². The molecule has 3 aromatic rings. The van der Waals surface area contributed by atoms with E-state index in [1.807, 2.05) is 37.3 Å². The second-order valence-electron chi connectivity index (χ2n) is 13.0. The molecule has 1 amide bonds. The van der Waals surface area contributed by atoms with Gasteiger partial charge in [0.1, 0.15) is 24.1 Å². The normalized spacial score (nSPS) is 16.4. The summed E-state index contributed by atoms with van der Waals surface area (Å²) in [6.45, 7) is 9.55. The highest BCUT2D eigenvalue weighted by Crippen LogP contribution is 2.36. The molecule has 4 N–H and O–H groups in total. The minimum absolute atomic E-state index is 0.0155. The number of alkyl carbamates (subject to hydrolysis) is 1. The average Bonchev–Trinajstić information content (AvgIpc) is 3.06. The number of fused-ring (bicyclic) bond motifs is 1. The summed E-state index contributed by atoms with van der Waals surface area (Å²) in [6.07, 6.45) is 3.21. The van der Waals surface area contributed by atoms with Crippen LogP contribution in [0.2, 0.25) is 0 Å². The molecule has 0 saturated carbocycles. The zero-order valence-corrected chi connectivity index (χ0v) is 27.4. The van der Waals surface area contributed by atoms with E-state index in [2.05, 4.69) is 43.0 Å². The zero-order valence-electron chi connectivity index (χ0n) is 27.4. The lowest BCUT2D eigenvalue weighted by Crippen LogP contribution is -2.66. The van der Waals surface area contributed by atoms with Gasteiger partial charge in [0.05, 0.1) is 13.7 Å². The van der Waals surface area contributed by atoms with Crippen LogP contribution in [0.3, 0.4) is 0 Å². The lowest BCUT2D eigenvalue weighted by atomic mass is 9.73. The summed E-state index contributed by atoms with van der Waals surface area (Å²) in [6, 6.07) is 13.8. The molecule has 4 heterocycles. The van der Waals surface area contributed by atoms with Crippen molar-refractivity contribution in [2.45, 2.75) is 71.4 Å². The molecule has 1 unspecified atom stereocenters. The van der Waals surface area contributed by atoms with Crippen molar-refractivity contribution < 1.29 is 24.2 Å². The van der Waals surface area contributed by atoms with Gasteiger partial charge in [-0.05, 0) is 55.2 Å². The number of carbonyl (C=O) groups excluding carboxylic acids is 1. The molecule has 12 heteroatoms. The molecule has 0 aliphatic carbocycles. The molecule has 12 nitrogen and oxygen atoms in total. The molecule has 1 saturated heterocycles. The van der Waals surface area contributed by atoms with E-state index in [-0.39, 0.29) is 19.2 Å². The number of rotatable bonds is 10. The lowest BCUT2D eigenvalue weighted by molar-refractivity contribution is -0.148. The first-order valence-electron chi connectivity index (χ1n) is 15.9. The Kier molecular flexibility index (Phi) is 9.83. The number of benzene rings is 1. The van der Waals surface area contributed by atoms with Gasteiger partial charge in [0.15, 0.2) is 5.54 Å². The number of hydrogen-bond acceptors (Lipinski definition) is 10. The number of nitrogens with zero attached hydrogens (tertiary/aromatic N) is 4. The number of aryl methyl sites for hydroxylation is 1. The molecule has 2 aliphatic heterocycles. The number of carboxylic acids is 1. The Labute approximate surface area is 270 Å². The number of aromatic nitrogens is 3. The predicted octanol–water partition coefficient (Wildman–Crippen LogP) is 5.14. The van der Waals surface area contributed by atoms with Crippen molar-refractivity contribution in [3.8, 4) is 6.01 Å². The number of amides is 1. The first kappa shape index (κ1) is 32.8. The van der Waals surface area contributed by atoms with Crippen molar-refractivity contribution in [3.05, 3.63) is 64.8 Å². The van der Waals surface area contributed by atoms with Crippen LogP contribution in [0.15, 0.2) is 42.5 Å². The third-order valence-electron chi connectivity index (χ3n) is 9.11. The highest BCUT2D eigenvalue weighted by atomic mass is 16.5. The average molecular weight is 632 g/mol. The third-order valence-corrected chi connectivity index (χ3v) is 9.11. The van der Waals surface area contributed by atoms with Gasteiger partial charge in [-0.25, -0.2) is 14.6 Å². The van der Waals surface area contributed by atoms with Gasteiger partial charge in [-0.1, -0.05) is 57.2 Å². The van der Waals surface area contributed by atoms with E-state index in [0.29, 0.717) is 11.7 Å². The molecular weight excluding hydrogens is 586 g/mol. The predicted molar refractivity (Wildman–Crippen MR) is 177 cm³/mol. The summed E-state index contributed by atoms with van der Waals surface area (Å²) in [5.41, 5.74) is 1.32. The quantitative estimate of drug-likeness (QED) is 0.236. The molecule has 46 heavy (non-hydrogen) atoms. The Hall–Kier alpha value is -4.61. The lowest BCUT2D eigenvalue weighted by Gasteiger charge is -2.41. The largest absolute Gasteiger partial charge is 0.479 e. The van der Waals surface area contributed by atoms with Crippen molar-refractivity contribution in [2.24, 2.45) is 5.41 Å². The molecule has 5 rings (SSSR count). The number of piperidine rings is 1. The summed E-state index contributed by atoms with van der Waals surface area (Å²) >= 11 is 0. The van der Waals surface area contributed by atoms with Crippen LogP contribution in [0.4, 0.5) is 22.2 Å². The van der Waals surface area contributed by atoms with Gasteiger partial charge >= 0.3 is 18.1 Å². The number of hydrogen-bond donors (Lipinski definition) is 4. The molecule has 2 aliphatic rings. The molecule has 1 atom stereocenters. The Morgan fingerprint density at radius 2 is 1.80 bits per heavy atom. The maximum absolute atomic E-state index is 12.9. The molecule has 246 valence electrons. The smallest absolute Gasteiger partial charge is 0.408 e. The highest BCUT2D eigenvalue weighted by molar-refractivity contribution is 5.86. The van der Waals surface area contributed by atoms with Crippen molar-refractivity contribution in [1.82, 2.24) is 20.3 Å². The van der Waals surface area contributed by atoms with Crippen LogP contribution in [0.25, 0.3) is 0 Å². The second-order valence-corrected chi connectivity index (χ2v) is 13.0. The van der Waals surface area contributed by atoms with Crippen LogP contribution in [-0.4, -0.2) is 70.9 Å². The monoisotopic (exact) mass is 631 g/mol. The Morgan fingerprint density at radius 3 is 2.48 bits per heavy atom. The van der Waals surface area contributed by atoms with E-state index < -0.39 is 23.0 Å². The van der Waals surface area contributed by atoms with Gasteiger partial charge in [-0.15, -0.1) is 0 Å². The number of carboxylic acid groups (broad SMARTS) is 1. The first-order valence-corrected chi connectivity index (χ1v) is 15.9. The number of ether oxygens (including phenoxy) is 2. The van der Waals surface area contributed by atoms with E-state index >= 15 is 0 Å². The number of anilines is 3. The van der Waals surface area contributed by atoms with Crippen molar-refractivity contribution in [3.63, 3.8) is 0 Å². The van der Waals surface area contributed by atoms with E-state index in [1.54, 1.807) is 20.8 Å². The summed E-state index contributed by atoms with van der Waals surface area (Å²) in [7, 11) is 1.50. The SMILES string of the molecule is COc1nc(NCC(NC(=O)OCc2ccccc2)(C(=O)O)C(C)(C)C)c(C)c(N2CCC(c3ccc4c(n3)NCCC4)CC2)n1. The Bertz CT molecular complexity index is 1540. The van der Waals surface area contributed by atoms with Crippen molar-refractivity contribution >= 4 is 29.5 Å². The van der Waals surface area contributed by atoms with E-state index in [0.717, 1.165) is 73.8 Å². The van der Waals surface area contributed by atoms with Crippen LogP contribution < -0.4 is 25.6 Å². The summed E-state index contributed by atoms with van der Waals surface area (Å²) < 4.78 is 10.9. The van der Waals surface area contributed by atoms with Gasteiger partial charge in [0, 0.05) is 36.8 Å². The molecule has 1 aromatic carbocycles. The Morgan fingerprint density at radius 1 is 1.07 bits per heavy atom. The number of pyridine rings is 1. The number of carbonyl (C=O) groups is 2. The third kappa shape index (κ3) is 7.11. The van der Waals surface area contributed by atoms with Crippen LogP contribution in [0.1, 0.15) is 68.3 Å². The molecular formula is C34H45N7O5. The molecule has 0 spiro atoms. The van der Waals surface area contributed by atoms with Crippen LogP contribution >= 0.6 is 0 Å². The minimum Gasteiger partial charge on any atom is -0.479 e. The fourth-order valence-corrected chi connectivity index (χ4v) is 6.11. The molecule has 0 radical (unpaired) electrons. The van der Waals surface area contributed by atoms with E-state index in [1.165, 1.54) is 12.7 Å². The number of methoxy groups -OCH3 is 1. The van der Waals surface area contributed by atoms with Gasteiger partial charge in [-0.3, -0.25) is 0 Å². The van der Waals surface area contributed by atoms with Crippen LogP contribution in [0.5, 0.6) is 6.01 Å². The van der Waals surface area contributed by atoms with Crippen molar-refractivity contribution in [1.29, 1.82) is 0 Å². The maximum atomic E-state index is 12.9. The van der Waals surface area contributed by atoms with Gasteiger partial charge in [-0.2, -0.15) is 9.97 Å². The molecule has 0 bridgehead atoms. The van der Waals surface area contributed by atoms with Crippen LogP contribution in [-0.2, 0) is 22.6 Å². The number of nitrogens with one attached hydrogen (secondary N) is 3. The fraction of sp³-hybridized carbons (Fsp3) is 0.500. The van der Waals surface area contributed by atoms with Gasteiger partial charge in [0.25, 0.3) is 0 Å². The first-order chi connectivity index (χ1) is 22.0. The zero-order chi connectivity index (χ0) is 32.9. The van der Waals surface area contributed by atoms with E-state index in [9.17, 15) is 14.7 Å². The topological polar surface area (TPSA) is 151 Å². The maximum Gasteiger partial charge on any atom is 0.408 e. The minimum atomic E-state index is -1.74. The molecule has 1 fully saturated rings. The van der Waals surface area contributed by atoms with E-state index in [4.69, 9.17) is 14.5 Å². The summed E-state index contributed by atoms with van der Waals surface area (Å²) in [5.74, 6) is 1.32. The van der Waals surface area contributed by atoms with Crippen molar-refractivity contribution in [2.75, 3.05) is 48.8 Å². The van der Waals surface area contributed by atoms with Gasteiger partial charge < -0.3 is 35.4 Å². The Balaban J connectivity index is 1.31. The highest BCUT2D eigenvalue weighted by Gasteiger charge is 2.51. The fourth-order valence-electron chi connectivity index (χ4n) is 6.11. The van der Waals surface area contributed by atoms with Crippen LogP contribution in [0, 0.1) is 12.3 Å². The number of aliphatic carboxylic acids is 1. The molecule has 2 aromatic heterocycles. The second kappa shape index (κ2) is 13.8. The summed E-state index contributed by atoms with van der Waals surface area (Å²) in [4.78, 5) is 42.2.